The molecular weight excluding hydrogens is 315 g/mol. The number of hydrogen-bond donors (Lipinski definition) is 1. The third-order valence-electron chi connectivity index (χ3n) is 3.39. The second-order valence-electron chi connectivity index (χ2n) is 5.00. The zero-order valence-corrected chi connectivity index (χ0v) is 14.2. The van der Waals surface area contributed by atoms with E-state index < -0.39 is 13.5 Å². The normalized spacial score (nSPS) is 11.7. The van der Waals surface area contributed by atoms with Crippen molar-refractivity contribution in [3.8, 4) is 0 Å². The maximum atomic E-state index is 12.5. The zero-order chi connectivity index (χ0) is 16.9. The lowest BCUT2D eigenvalue weighted by Gasteiger charge is -2.17. The van der Waals surface area contributed by atoms with Crippen LogP contribution in [0.3, 0.4) is 0 Å². The summed E-state index contributed by atoms with van der Waals surface area (Å²) in [5, 5.41) is 1.58. The Bertz CT molecular complexity index is 738. The van der Waals surface area contributed by atoms with Crippen LogP contribution in [-0.2, 0) is 20.0 Å². The molecule has 1 heterocycles. The van der Waals surface area contributed by atoms with Crippen LogP contribution in [0.1, 0.15) is 29.9 Å². The van der Waals surface area contributed by atoms with Crippen LogP contribution < -0.4 is 5.73 Å². The minimum absolute atomic E-state index is 0.238. The summed E-state index contributed by atoms with van der Waals surface area (Å²) in [6.07, 6.45) is 2.35. The molecule has 0 aliphatic carbocycles. The molecule has 0 unspecified atom stereocenters. The topological polar surface area (TPSA) is 91.5 Å². The number of amides is 1. The number of carbonyl (C=O) groups is 1. The van der Waals surface area contributed by atoms with Gasteiger partial charge in [-0.25, -0.2) is 0 Å². The van der Waals surface area contributed by atoms with E-state index >= 15 is 0 Å². The first-order valence-electron chi connectivity index (χ1n) is 7.54. The molecule has 0 bridgehead atoms. The van der Waals surface area contributed by atoms with Crippen molar-refractivity contribution in [1.29, 1.82) is 0 Å². The molecule has 0 saturated carbocycles. The van der Waals surface area contributed by atoms with Crippen molar-refractivity contribution in [3.63, 3.8) is 0 Å². The monoisotopic (exact) mass is 336 g/mol. The number of aromatic nitrogens is 1. The number of nitrogens with two attached hydrogens (primary N) is 1. The van der Waals surface area contributed by atoms with Crippen LogP contribution in [0.4, 0.5) is 0 Å². The van der Waals surface area contributed by atoms with Gasteiger partial charge in [0.15, 0.2) is 0 Å². The predicted molar refractivity (Wildman–Crippen MR) is 89.7 cm³/mol. The standard InChI is InChI=1S/C16H21N2O4P/c1-3-21-23(20,22-4-2)10-8-12-5-6-13-7-9-18-15(16(17)19)14(13)11-12/h5-7,9,11H,3-4,8,10H2,1-2H3,(H2,17,19). The Morgan fingerprint density at radius 3 is 2.52 bits per heavy atom. The van der Waals surface area contributed by atoms with Gasteiger partial charge in [-0.15, -0.1) is 0 Å². The Kier molecular flexibility index (Phi) is 5.88. The van der Waals surface area contributed by atoms with Gasteiger partial charge in [-0.2, -0.15) is 0 Å². The minimum Gasteiger partial charge on any atom is -0.364 e. The Morgan fingerprint density at radius 1 is 1.22 bits per heavy atom. The van der Waals surface area contributed by atoms with Crippen LogP contribution in [0, 0.1) is 0 Å². The van der Waals surface area contributed by atoms with E-state index in [0.29, 0.717) is 25.0 Å². The van der Waals surface area contributed by atoms with Crippen molar-refractivity contribution in [2.75, 3.05) is 19.4 Å². The molecule has 0 radical (unpaired) electrons. The van der Waals surface area contributed by atoms with Crippen LogP contribution in [0.15, 0.2) is 30.5 Å². The molecule has 6 nitrogen and oxygen atoms in total. The average molecular weight is 336 g/mol. The van der Waals surface area contributed by atoms with E-state index in [-0.39, 0.29) is 11.9 Å². The summed E-state index contributed by atoms with van der Waals surface area (Å²) in [6, 6.07) is 7.49. The van der Waals surface area contributed by atoms with E-state index in [0.717, 1.165) is 10.9 Å². The highest BCUT2D eigenvalue weighted by Crippen LogP contribution is 2.48. The first-order valence-corrected chi connectivity index (χ1v) is 9.27. The Labute approximate surface area is 135 Å². The van der Waals surface area contributed by atoms with E-state index in [9.17, 15) is 9.36 Å². The van der Waals surface area contributed by atoms with Crippen molar-refractivity contribution < 1.29 is 18.4 Å². The lowest BCUT2D eigenvalue weighted by atomic mass is 10.0. The molecule has 0 spiro atoms. The zero-order valence-electron chi connectivity index (χ0n) is 13.3. The van der Waals surface area contributed by atoms with Gasteiger partial charge in [0.05, 0.1) is 19.4 Å². The number of benzene rings is 1. The average Bonchev–Trinajstić information content (AvgIpc) is 2.52. The summed E-state index contributed by atoms with van der Waals surface area (Å²) < 4.78 is 23.1. The number of carbonyl (C=O) groups excluding carboxylic acids is 1. The number of fused-ring (bicyclic) bond motifs is 1. The van der Waals surface area contributed by atoms with Gasteiger partial charge >= 0.3 is 7.60 Å². The van der Waals surface area contributed by atoms with Gasteiger partial charge in [0.2, 0.25) is 0 Å². The van der Waals surface area contributed by atoms with Gasteiger partial charge in [0.1, 0.15) is 5.69 Å². The number of rotatable bonds is 8. The van der Waals surface area contributed by atoms with Crippen molar-refractivity contribution in [1.82, 2.24) is 4.98 Å². The molecule has 1 amide bonds. The number of nitrogens with zero attached hydrogens (tertiary/aromatic N) is 1. The molecule has 23 heavy (non-hydrogen) atoms. The van der Waals surface area contributed by atoms with E-state index in [1.54, 1.807) is 20.0 Å². The minimum atomic E-state index is -3.08. The number of hydrogen-bond acceptors (Lipinski definition) is 5. The van der Waals surface area contributed by atoms with Crippen molar-refractivity contribution in [3.05, 3.63) is 41.7 Å². The molecule has 0 fully saturated rings. The maximum absolute atomic E-state index is 12.5. The third kappa shape index (κ3) is 4.38. The number of pyridine rings is 1. The number of primary amides is 1. The van der Waals surface area contributed by atoms with Crippen molar-refractivity contribution in [2.45, 2.75) is 20.3 Å². The first-order chi connectivity index (χ1) is 11.0. The molecule has 0 aliphatic heterocycles. The summed E-state index contributed by atoms with van der Waals surface area (Å²) >= 11 is 0. The fourth-order valence-electron chi connectivity index (χ4n) is 2.39. The van der Waals surface area contributed by atoms with E-state index in [1.807, 2.05) is 24.3 Å². The van der Waals surface area contributed by atoms with Crippen LogP contribution in [0.25, 0.3) is 10.8 Å². The molecular formula is C16H21N2O4P. The quantitative estimate of drug-likeness (QED) is 0.748. The molecule has 1 aromatic heterocycles. The van der Waals surface area contributed by atoms with Crippen LogP contribution in [-0.4, -0.2) is 30.3 Å². The SMILES string of the molecule is CCOP(=O)(CCc1ccc2ccnc(C(N)=O)c2c1)OCC. The smallest absolute Gasteiger partial charge is 0.330 e. The Hall–Kier alpha value is -1.75. The molecule has 2 rings (SSSR count). The Morgan fingerprint density at radius 2 is 1.91 bits per heavy atom. The molecule has 0 saturated heterocycles. The van der Waals surface area contributed by atoms with Gasteiger partial charge in [0.25, 0.3) is 5.91 Å². The van der Waals surface area contributed by atoms with E-state index in [2.05, 4.69) is 4.98 Å². The van der Waals surface area contributed by atoms with Gasteiger partial charge in [-0.3, -0.25) is 14.3 Å². The highest BCUT2D eigenvalue weighted by Gasteiger charge is 2.23. The summed E-state index contributed by atoms with van der Waals surface area (Å²) in [6.45, 7) is 4.24. The molecule has 0 aliphatic rings. The van der Waals surface area contributed by atoms with Gasteiger partial charge in [0, 0.05) is 11.6 Å². The summed E-state index contributed by atoms with van der Waals surface area (Å²) in [4.78, 5) is 15.5. The summed E-state index contributed by atoms with van der Waals surface area (Å²) in [5.74, 6) is -0.568. The fraction of sp³-hybridized carbons (Fsp3) is 0.375. The van der Waals surface area contributed by atoms with E-state index in [1.165, 1.54) is 0 Å². The molecule has 7 heteroatoms. The van der Waals surface area contributed by atoms with Crippen LogP contribution >= 0.6 is 7.60 Å². The number of aryl methyl sites for hydroxylation is 1. The van der Waals surface area contributed by atoms with Gasteiger partial charge in [-0.1, -0.05) is 12.1 Å². The van der Waals surface area contributed by atoms with Crippen LogP contribution in [0.5, 0.6) is 0 Å². The lowest BCUT2D eigenvalue weighted by molar-refractivity contribution is 0.0997. The molecule has 2 aromatic rings. The second-order valence-corrected chi connectivity index (χ2v) is 7.18. The van der Waals surface area contributed by atoms with Gasteiger partial charge < -0.3 is 14.8 Å². The summed E-state index contributed by atoms with van der Waals surface area (Å²) in [5.41, 5.74) is 6.53. The van der Waals surface area contributed by atoms with E-state index in [4.69, 9.17) is 14.8 Å². The molecule has 124 valence electrons. The van der Waals surface area contributed by atoms with Crippen LogP contribution in [0.2, 0.25) is 0 Å². The maximum Gasteiger partial charge on any atom is 0.330 e. The highest BCUT2D eigenvalue weighted by molar-refractivity contribution is 7.53. The highest BCUT2D eigenvalue weighted by atomic mass is 31.2. The predicted octanol–water partition coefficient (Wildman–Crippen LogP) is 3.14. The molecule has 1 aromatic carbocycles. The summed E-state index contributed by atoms with van der Waals surface area (Å²) in [7, 11) is -3.08. The van der Waals surface area contributed by atoms with Crippen molar-refractivity contribution in [2.24, 2.45) is 5.73 Å². The third-order valence-corrected chi connectivity index (χ3v) is 5.46. The lowest BCUT2D eigenvalue weighted by Crippen LogP contribution is -2.13. The van der Waals surface area contributed by atoms with Crippen molar-refractivity contribution >= 4 is 24.3 Å². The molecule has 0 atom stereocenters. The van der Waals surface area contributed by atoms with Gasteiger partial charge in [-0.05, 0) is 43.4 Å². The molecule has 2 N–H and O–H groups in total. The Balaban J connectivity index is 2.25. The fourth-order valence-corrected chi connectivity index (χ4v) is 4.04. The second kappa shape index (κ2) is 7.68. The largest absolute Gasteiger partial charge is 0.364 e. The first kappa shape index (κ1) is 17.6.